The normalized spacial score (nSPS) is 12.9. The topological polar surface area (TPSA) is 45.4 Å². The predicted octanol–water partition coefficient (Wildman–Crippen LogP) is 2.33. The lowest BCUT2D eigenvalue weighted by molar-refractivity contribution is 0.354. The summed E-state index contributed by atoms with van der Waals surface area (Å²) >= 11 is 0. The zero-order chi connectivity index (χ0) is 10.8. The van der Waals surface area contributed by atoms with Gasteiger partial charge >= 0.3 is 0 Å². The first-order valence-corrected chi connectivity index (χ1v) is 5.44. The van der Waals surface area contributed by atoms with Crippen LogP contribution in [0.3, 0.4) is 0 Å². The van der Waals surface area contributed by atoms with E-state index in [2.05, 4.69) is 0 Å². The number of alkyl halides is 1. The quantitative estimate of drug-likeness (QED) is 0.723. The van der Waals surface area contributed by atoms with E-state index in [0.29, 0.717) is 13.0 Å². The molecule has 0 amide bonds. The molecule has 1 aliphatic carbocycles. The van der Waals surface area contributed by atoms with Crippen LogP contribution in [-0.2, 0) is 13.0 Å². The Kier molecular flexibility index (Phi) is 2.84. The molecular formula is C11H16FNO2. The maximum Gasteiger partial charge on any atom is 0.197 e. The number of unbranched alkanes of at least 4 members (excludes halogenated alkanes) is 3. The zero-order valence-corrected chi connectivity index (χ0v) is 8.67. The van der Waals surface area contributed by atoms with Gasteiger partial charge in [0.1, 0.15) is 0 Å². The Hall–Kier alpha value is -1.19. The number of nitrogens with zero attached hydrogens (tertiary/aromatic N) is 1. The number of aromatic nitrogens is 1. The Morgan fingerprint density at radius 3 is 2.20 bits per heavy atom. The van der Waals surface area contributed by atoms with Crippen molar-refractivity contribution in [3.8, 4) is 11.8 Å². The Labute approximate surface area is 88.2 Å². The molecule has 0 saturated heterocycles. The van der Waals surface area contributed by atoms with Crippen molar-refractivity contribution >= 4 is 0 Å². The Bertz CT molecular complexity index is 334. The fourth-order valence-corrected chi connectivity index (χ4v) is 1.92. The summed E-state index contributed by atoms with van der Waals surface area (Å²) in [4.78, 5) is 0. The third kappa shape index (κ3) is 1.94. The third-order valence-corrected chi connectivity index (χ3v) is 2.91. The number of fused-ring (bicyclic) bond motifs is 1. The van der Waals surface area contributed by atoms with Crippen molar-refractivity contribution in [2.45, 2.75) is 38.6 Å². The van der Waals surface area contributed by atoms with Gasteiger partial charge in [-0.25, -0.2) is 0 Å². The lowest BCUT2D eigenvalue weighted by Crippen LogP contribution is -1.98. The molecule has 2 rings (SSSR count). The Balaban J connectivity index is 1.79. The SMILES string of the molecule is Oc1c2c(c(O)n1CCCCCCF)C2. The summed E-state index contributed by atoms with van der Waals surface area (Å²) < 4.78 is 13.3. The van der Waals surface area contributed by atoms with Gasteiger partial charge in [0.05, 0.1) is 6.67 Å². The average molecular weight is 213 g/mol. The van der Waals surface area contributed by atoms with Crippen LogP contribution in [0.2, 0.25) is 0 Å². The highest BCUT2D eigenvalue weighted by Crippen LogP contribution is 2.46. The molecule has 3 nitrogen and oxygen atoms in total. The summed E-state index contributed by atoms with van der Waals surface area (Å²) in [5, 5.41) is 19.2. The van der Waals surface area contributed by atoms with Crippen LogP contribution < -0.4 is 0 Å². The van der Waals surface area contributed by atoms with E-state index in [-0.39, 0.29) is 18.4 Å². The third-order valence-electron chi connectivity index (χ3n) is 2.91. The number of halogens is 1. The van der Waals surface area contributed by atoms with E-state index in [0.717, 1.165) is 36.8 Å². The molecule has 4 heteroatoms. The van der Waals surface area contributed by atoms with Gasteiger partial charge in [0.15, 0.2) is 11.8 Å². The van der Waals surface area contributed by atoms with Crippen LogP contribution in [0.4, 0.5) is 4.39 Å². The molecule has 0 fully saturated rings. The van der Waals surface area contributed by atoms with E-state index < -0.39 is 0 Å². The Morgan fingerprint density at radius 2 is 1.60 bits per heavy atom. The molecule has 1 heterocycles. The molecule has 0 bridgehead atoms. The van der Waals surface area contributed by atoms with Crippen LogP contribution in [0.5, 0.6) is 11.8 Å². The largest absolute Gasteiger partial charge is 0.494 e. The molecule has 0 spiro atoms. The van der Waals surface area contributed by atoms with Gasteiger partial charge in [-0.15, -0.1) is 0 Å². The Morgan fingerprint density at radius 1 is 1.00 bits per heavy atom. The molecule has 0 unspecified atom stereocenters. The van der Waals surface area contributed by atoms with E-state index in [9.17, 15) is 14.6 Å². The van der Waals surface area contributed by atoms with Gasteiger partial charge in [-0.2, -0.15) is 0 Å². The summed E-state index contributed by atoms with van der Waals surface area (Å²) in [6.45, 7) is 0.366. The lowest BCUT2D eigenvalue weighted by atomic mass is 10.2. The minimum absolute atomic E-state index is 0.216. The maximum atomic E-state index is 11.8. The maximum absolute atomic E-state index is 11.8. The van der Waals surface area contributed by atoms with Gasteiger partial charge in [-0.1, -0.05) is 12.8 Å². The minimum Gasteiger partial charge on any atom is -0.494 e. The summed E-state index contributed by atoms with van der Waals surface area (Å²) in [7, 11) is 0. The van der Waals surface area contributed by atoms with Gasteiger partial charge in [0.25, 0.3) is 0 Å². The first kappa shape index (κ1) is 10.3. The highest BCUT2D eigenvalue weighted by atomic mass is 19.1. The molecule has 1 aromatic rings. The summed E-state index contributed by atoms with van der Waals surface area (Å²) in [5.74, 6) is 0.431. The fraction of sp³-hybridized carbons (Fsp3) is 0.636. The molecule has 15 heavy (non-hydrogen) atoms. The average Bonchev–Trinajstić information content (AvgIpc) is 2.97. The second kappa shape index (κ2) is 4.13. The van der Waals surface area contributed by atoms with Crippen molar-refractivity contribution in [1.82, 2.24) is 4.57 Å². The van der Waals surface area contributed by atoms with Crippen molar-refractivity contribution in [3.63, 3.8) is 0 Å². The fourth-order valence-electron chi connectivity index (χ4n) is 1.92. The first-order chi connectivity index (χ1) is 7.25. The van der Waals surface area contributed by atoms with Crippen molar-refractivity contribution in [3.05, 3.63) is 11.1 Å². The van der Waals surface area contributed by atoms with Crippen LogP contribution in [-0.4, -0.2) is 21.5 Å². The van der Waals surface area contributed by atoms with E-state index in [1.165, 1.54) is 0 Å². The van der Waals surface area contributed by atoms with Crippen LogP contribution in [0.1, 0.15) is 36.8 Å². The monoisotopic (exact) mass is 213 g/mol. The van der Waals surface area contributed by atoms with Gasteiger partial charge in [-0.3, -0.25) is 8.96 Å². The lowest BCUT2D eigenvalue weighted by Gasteiger charge is -2.07. The first-order valence-electron chi connectivity index (χ1n) is 5.44. The molecule has 0 radical (unpaired) electrons. The molecule has 0 aromatic carbocycles. The van der Waals surface area contributed by atoms with E-state index in [1.807, 2.05) is 0 Å². The number of aromatic hydroxyl groups is 2. The zero-order valence-electron chi connectivity index (χ0n) is 8.67. The number of hydrogen-bond donors (Lipinski definition) is 2. The standard InChI is InChI=1S/C11H16FNO2/c12-5-3-1-2-4-6-13-10(14)8-7-9(8)11(13)15/h14-15H,1-7H2. The molecule has 0 atom stereocenters. The summed E-state index contributed by atoms with van der Waals surface area (Å²) in [6.07, 6.45) is 4.02. The predicted molar refractivity (Wildman–Crippen MR) is 55.0 cm³/mol. The van der Waals surface area contributed by atoms with Crippen molar-refractivity contribution in [2.75, 3.05) is 6.67 Å². The van der Waals surface area contributed by atoms with Crippen LogP contribution in [0, 0.1) is 0 Å². The molecule has 1 aliphatic rings. The second-order valence-electron chi connectivity index (χ2n) is 4.04. The summed E-state index contributed by atoms with van der Waals surface area (Å²) in [6, 6.07) is 0. The van der Waals surface area contributed by atoms with E-state index in [1.54, 1.807) is 4.57 Å². The van der Waals surface area contributed by atoms with Crippen LogP contribution >= 0.6 is 0 Å². The molecule has 2 N–H and O–H groups in total. The van der Waals surface area contributed by atoms with Crippen molar-refractivity contribution in [2.24, 2.45) is 0 Å². The highest BCUT2D eigenvalue weighted by Gasteiger charge is 2.32. The molecule has 84 valence electrons. The molecule has 1 aromatic heterocycles. The van der Waals surface area contributed by atoms with Gasteiger partial charge in [0, 0.05) is 24.1 Å². The van der Waals surface area contributed by atoms with E-state index >= 15 is 0 Å². The number of hydrogen-bond acceptors (Lipinski definition) is 2. The van der Waals surface area contributed by atoms with E-state index in [4.69, 9.17) is 0 Å². The number of rotatable bonds is 6. The smallest absolute Gasteiger partial charge is 0.197 e. The summed E-state index contributed by atoms with van der Waals surface area (Å²) in [5.41, 5.74) is 1.77. The van der Waals surface area contributed by atoms with Gasteiger partial charge < -0.3 is 10.2 Å². The molecular weight excluding hydrogens is 197 g/mol. The van der Waals surface area contributed by atoms with Crippen LogP contribution in [0.15, 0.2) is 0 Å². The van der Waals surface area contributed by atoms with Gasteiger partial charge in [0.2, 0.25) is 0 Å². The highest BCUT2D eigenvalue weighted by molar-refractivity contribution is 5.59. The molecule has 0 aliphatic heterocycles. The minimum atomic E-state index is -0.256. The van der Waals surface area contributed by atoms with Crippen molar-refractivity contribution < 1.29 is 14.6 Å². The molecule has 0 saturated carbocycles. The van der Waals surface area contributed by atoms with Gasteiger partial charge in [-0.05, 0) is 12.8 Å². The second-order valence-corrected chi connectivity index (χ2v) is 4.04. The van der Waals surface area contributed by atoms with Crippen molar-refractivity contribution in [1.29, 1.82) is 0 Å². The van der Waals surface area contributed by atoms with Crippen LogP contribution in [0.25, 0.3) is 0 Å².